The molecule has 8 heteroatoms. The van der Waals surface area contributed by atoms with E-state index in [0.29, 0.717) is 19.0 Å². The van der Waals surface area contributed by atoms with Gasteiger partial charge >= 0.3 is 5.97 Å². The third kappa shape index (κ3) is 2.27. The standard InChI is InChI=1S/C20H21F2N3O3/c1-8-14-17(25(10-2-3-10)7-12(19(14)26)20(27)28)16(22)18(15(8)21)24-5-9-4-13(23)11(9)6-24/h7,9-11,13H,2-6,23H2,1H3,(H,27,28)/t9-,11+,13-/m0/s1. The number of hydrogen-bond donors (Lipinski definition) is 2. The summed E-state index contributed by atoms with van der Waals surface area (Å²) in [5.41, 5.74) is 4.61. The van der Waals surface area contributed by atoms with Crippen LogP contribution in [0.5, 0.6) is 0 Å². The first-order valence-corrected chi connectivity index (χ1v) is 9.59. The van der Waals surface area contributed by atoms with E-state index in [-0.39, 0.29) is 40.2 Å². The summed E-state index contributed by atoms with van der Waals surface area (Å²) in [5, 5.41) is 9.20. The molecule has 3 fully saturated rings. The highest BCUT2D eigenvalue weighted by Gasteiger charge is 2.46. The molecule has 1 saturated heterocycles. The number of halogens is 2. The molecule has 148 valence electrons. The Morgan fingerprint density at radius 2 is 1.96 bits per heavy atom. The van der Waals surface area contributed by atoms with Crippen LogP contribution in [0.1, 0.15) is 41.2 Å². The van der Waals surface area contributed by atoms with Gasteiger partial charge in [0, 0.05) is 36.9 Å². The third-order valence-electron chi connectivity index (χ3n) is 6.67. The molecule has 2 aromatic rings. The summed E-state index contributed by atoms with van der Waals surface area (Å²) >= 11 is 0. The Balaban J connectivity index is 1.78. The Morgan fingerprint density at radius 3 is 2.54 bits per heavy atom. The van der Waals surface area contributed by atoms with Crippen LogP contribution in [0.25, 0.3) is 10.9 Å². The Kier molecular flexibility index (Phi) is 3.62. The lowest BCUT2D eigenvalue weighted by Gasteiger charge is -2.36. The van der Waals surface area contributed by atoms with E-state index in [9.17, 15) is 14.7 Å². The number of nitrogens with two attached hydrogens (primary N) is 1. The van der Waals surface area contributed by atoms with E-state index in [2.05, 4.69) is 0 Å². The maximum atomic E-state index is 15.7. The first-order valence-electron chi connectivity index (χ1n) is 9.59. The number of aryl methyl sites for hydroxylation is 1. The molecule has 0 bridgehead atoms. The van der Waals surface area contributed by atoms with Crippen LogP contribution in [0.4, 0.5) is 14.5 Å². The third-order valence-corrected chi connectivity index (χ3v) is 6.67. The van der Waals surface area contributed by atoms with E-state index in [1.165, 1.54) is 17.7 Å². The van der Waals surface area contributed by atoms with Gasteiger partial charge in [-0.15, -0.1) is 0 Å². The minimum atomic E-state index is -1.39. The molecule has 1 aromatic carbocycles. The smallest absolute Gasteiger partial charge is 0.341 e. The summed E-state index contributed by atoms with van der Waals surface area (Å²) < 4.78 is 32.5. The van der Waals surface area contributed by atoms with E-state index in [1.807, 2.05) is 0 Å². The number of rotatable bonds is 3. The molecule has 2 saturated carbocycles. The lowest BCUT2D eigenvalue weighted by Crippen LogP contribution is -2.46. The van der Waals surface area contributed by atoms with Gasteiger partial charge < -0.3 is 20.3 Å². The predicted octanol–water partition coefficient (Wildman–Crippen LogP) is 2.40. The van der Waals surface area contributed by atoms with Crippen molar-refractivity contribution in [2.24, 2.45) is 17.6 Å². The van der Waals surface area contributed by atoms with Crippen LogP contribution in [-0.4, -0.2) is 34.8 Å². The number of pyridine rings is 1. The van der Waals surface area contributed by atoms with Crippen molar-refractivity contribution in [2.75, 3.05) is 18.0 Å². The van der Waals surface area contributed by atoms with Crippen LogP contribution in [0.3, 0.4) is 0 Å². The first-order chi connectivity index (χ1) is 13.3. The number of nitrogens with zero attached hydrogens (tertiary/aromatic N) is 2. The van der Waals surface area contributed by atoms with Crippen molar-refractivity contribution in [1.29, 1.82) is 0 Å². The van der Waals surface area contributed by atoms with Crippen molar-refractivity contribution in [3.8, 4) is 0 Å². The highest BCUT2D eigenvalue weighted by molar-refractivity contribution is 5.95. The number of fused-ring (bicyclic) bond motifs is 2. The van der Waals surface area contributed by atoms with Gasteiger partial charge in [0.05, 0.1) is 10.9 Å². The van der Waals surface area contributed by atoms with Crippen LogP contribution >= 0.6 is 0 Å². The second-order valence-electron chi connectivity index (χ2n) is 8.37. The Bertz CT molecular complexity index is 1090. The number of aromatic nitrogens is 1. The van der Waals surface area contributed by atoms with Crippen molar-refractivity contribution in [1.82, 2.24) is 4.57 Å². The lowest BCUT2D eigenvalue weighted by molar-refractivity contribution is 0.0695. The highest BCUT2D eigenvalue weighted by atomic mass is 19.1. The second kappa shape index (κ2) is 5.76. The van der Waals surface area contributed by atoms with Crippen molar-refractivity contribution in [3.05, 3.63) is 39.2 Å². The topological polar surface area (TPSA) is 88.6 Å². The summed E-state index contributed by atoms with van der Waals surface area (Å²) in [5.74, 6) is -2.40. The van der Waals surface area contributed by atoms with Gasteiger partial charge in [-0.1, -0.05) is 0 Å². The summed E-state index contributed by atoms with van der Waals surface area (Å²) in [7, 11) is 0. The number of carboxylic acid groups (broad SMARTS) is 1. The quantitative estimate of drug-likeness (QED) is 0.842. The zero-order valence-electron chi connectivity index (χ0n) is 15.4. The highest BCUT2D eigenvalue weighted by Crippen LogP contribution is 2.45. The summed E-state index contributed by atoms with van der Waals surface area (Å²) in [6, 6.07) is -0.0120. The number of anilines is 1. The van der Waals surface area contributed by atoms with Crippen LogP contribution in [0.15, 0.2) is 11.0 Å². The van der Waals surface area contributed by atoms with E-state index in [1.54, 1.807) is 4.90 Å². The van der Waals surface area contributed by atoms with Crippen LogP contribution in [0.2, 0.25) is 0 Å². The summed E-state index contributed by atoms with van der Waals surface area (Å²) in [4.78, 5) is 25.9. The fourth-order valence-electron chi connectivity index (χ4n) is 4.91. The zero-order valence-corrected chi connectivity index (χ0v) is 15.4. The molecule has 3 atom stereocenters. The van der Waals surface area contributed by atoms with E-state index in [4.69, 9.17) is 5.73 Å². The maximum Gasteiger partial charge on any atom is 0.341 e. The minimum absolute atomic E-state index is 0.00237. The summed E-state index contributed by atoms with van der Waals surface area (Å²) in [6.07, 6.45) is 3.60. The van der Waals surface area contributed by atoms with E-state index >= 15 is 8.78 Å². The molecule has 5 rings (SSSR count). The molecule has 3 aliphatic rings. The largest absolute Gasteiger partial charge is 0.477 e. The van der Waals surface area contributed by atoms with Gasteiger partial charge in [0.25, 0.3) is 0 Å². The van der Waals surface area contributed by atoms with Gasteiger partial charge in [-0.25, -0.2) is 13.6 Å². The fourth-order valence-corrected chi connectivity index (χ4v) is 4.91. The van der Waals surface area contributed by atoms with Gasteiger partial charge in [0.1, 0.15) is 11.3 Å². The fraction of sp³-hybridized carbons (Fsp3) is 0.500. The zero-order chi connectivity index (χ0) is 19.9. The Labute approximate surface area is 159 Å². The van der Waals surface area contributed by atoms with Gasteiger partial charge in [0.15, 0.2) is 11.6 Å². The molecule has 3 N–H and O–H groups in total. The maximum absolute atomic E-state index is 15.7. The van der Waals surface area contributed by atoms with Crippen molar-refractivity contribution in [3.63, 3.8) is 0 Å². The number of carbonyl (C=O) groups is 1. The normalized spacial score (nSPS) is 26.4. The molecule has 2 aliphatic carbocycles. The molecule has 2 heterocycles. The minimum Gasteiger partial charge on any atom is -0.477 e. The molecular weight excluding hydrogens is 368 g/mol. The average Bonchev–Trinajstić information content (AvgIpc) is 3.42. The van der Waals surface area contributed by atoms with Crippen molar-refractivity contribution in [2.45, 2.75) is 38.3 Å². The van der Waals surface area contributed by atoms with Gasteiger partial charge in [-0.05, 0) is 38.0 Å². The Morgan fingerprint density at radius 1 is 1.25 bits per heavy atom. The molecule has 0 unspecified atom stereocenters. The molecule has 6 nitrogen and oxygen atoms in total. The van der Waals surface area contributed by atoms with Crippen LogP contribution < -0.4 is 16.1 Å². The molecule has 0 spiro atoms. The van der Waals surface area contributed by atoms with E-state index in [0.717, 1.165) is 19.3 Å². The van der Waals surface area contributed by atoms with E-state index < -0.39 is 28.6 Å². The number of benzene rings is 1. The van der Waals surface area contributed by atoms with Crippen LogP contribution in [0, 0.1) is 30.4 Å². The second-order valence-corrected chi connectivity index (χ2v) is 8.37. The van der Waals surface area contributed by atoms with Gasteiger partial charge in [-0.3, -0.25) is 4.79 Å². The molecule has 1 aromatic heterocycles. The number of aromatic carboxylic acids is 1. The van der Waals surface area contributed by atoms with Gasteiger partial charge in [-0.2, -0.15) is 0 Å². The average molecular weight is 389 g/mol. The van der Waals surface area contributed by atoms with Crippen molar-refractivity contribution < 1.29 is 18.7 Å². The monoisotopic (exact) mass is 389 g/mol. The lowest BCUT2D eigenvalue weighted by atomic mass is 9.72. The number of carboxylic acids is 1. The molecule has 28 heavy (non-hydrogen) atoms. The van der Waals surface area contributed by atoms with Crippen molar-refractivity contribution >= 4 is 22.6 Å². The Hall–Kier alpha value is -2.48. The van der Waals surface area contributed by atoms with Gasteiger partial charge in [0.2, 0.25) is 5.43 Å². The SMILES string of the molecule is Cc1c(F)c(N2C[C@@H]3C[C@H](N)[C@@H]3C2)c(F)c2c1c(=O)c(C(=O)O)cn2C1CC1. The number of hydrogen-bond acceptors (Lipinski definition) is 4. The molecular formula is C20H21F2N3O3. The van der Waals surface area contributed by atoms with Crippen LogP contribution in [-0.2, 0) is 0 Å². The molecule has 1 aliphatic heterocycles. The first kappa shape index (κ1) is 17.6. The molecule has 0 radical (unpaired) electrons. The summed E-state index contributed by atoms with van der Waals surface area (Å²) in [6.45, 7) is 2.45. The predicted molar refractivity (Wildman–Crippen MR) is 99.9 cm³/mol. The molecule has 0 amide bonds.